The van der Waals surface area contributed by atoms with Crippen molar-refractivity contribution in [2.45, 2.75) is 84.5 Å². The zero-order valence-corrected chi connectivity index (χ0v) is 15.2. The van der Waals surface area contributed by atoms with Crippen molar-refractivity contribution >= 4 is 5.97 Å². The van der Waals surface area contributed by atoms with Crippen molar-refractivity contribution in [3.63, 3.8) is 0 Å². The van der Waals surface area contributed by atoms with Gasteiger partial charge in [-0.1, -0.05) is 76.3 Å². The van der Waals surface area contributed by atoms with E-state index in [1.807, 2.05) is 0 Å². The van der Waals surface area contributed by atoms with E-state index in [4.69, 9.17) is 5.11 Å². The van der Waals surface area contributed by atoms with Crippen molar-refractivity contribution in [3.05, 3.63) is 36.5 Å². The van der Waals surface area contributed by atoms with Crippen LogP contribution < -0.4 is 0 Å². The Morgan fingerprint density at radius 2 is 1.61 bits per heavy atom. The fourth-order valence-electron chi connectivity index (χ4n) is 2.46. The van der Waals surface area contributed by atoms with Crippen molar-refractivity contribution in [2.75, 3.05) is 0 Å². The Kier molecular flexibility index (Phi) is 16.1. The van der Waals surface area contributed by atoms with Crippen molar-refractivity contribution in [3.8, 4) is 0 Å². The van der Waals surface area contributed by atoms with Gasteiger partial charge in [0.25, 0.3) is 0 Å². The number of carbonyl (C=O) groups is 1. The van der Waals surface area contributed by atoms with Gasteiger partial charge in [-0.3, -0.25) is 0 Å². The molecule has 0 bridgehead atoms. The quantitative estimate of drug-likeness (QED) is 0.207. The smallest absolute Gasteiger partial charge is 0.327 e. The van der Waals surface area contributed by atoms with E-state index >= 15 is 0 Å². The van der Waals surface area contributed by atoms with Crippen LogP contribution in [-0.4, -0.2) is 11.1 Å². The summed E-state index contributed by atoms with van der Waals surface area (Å²) in [6, 6.07) is 0. The first-order valence-corrected chi connectivity index (χ1v) is 9.36. The molecule has 0 heterocycles. The van der Waals surface area contributed by atoms with Gasteiger partial charge < -0.3 is 5.11 Å². The summed E-state index contributed by atoms with van der Waals surface area (Å²) in [6.07, 6.45) is 25.2. The molecule has 0 aromatic heterocycles. The predicted octanol–water partition coefficient (Wildman–Crippen LogP) is 6.69. The zero-order chi connectivity index (χ0) is 17.2. The highest BCUT2D eigenvalue weighted by atomic mass is 16.4. The second kappa shape index (κ2) is 17.1. The summed E-state index contributed by atoms with van der Waals surface area (Å²) in [7, 11) is 0. The van der Waals surface area contributed by atoms with Gasteiger partial charge in [-0.2, -0.15) is 0 Å². The van der Waals surface area contributed by atoms with Crippen LogP contribution >= 0.6 is 0 Å². The molecule has 0 saturated heterocycles. The van der Waals surface area contributed by atoms with Gasteiger partial charge in [0.1, 0.15) is 0 Å². The molecule has 0 fully saturated rings. The van der Waals surface area contributed by atoms with Crippen LogP contribution in [0.2, 0.25) is 0 Å². The van der Waals surface area contributed by atoms with Gasteiger partial charge in [0.05, 0.1) is 0 Å². The molecule has 0 rings (SSSR count). The number of hydrogen-bond acceptors (Lipinski definition) is 1. The standard InChI is InChI=1S/C21H36O2/c1-3-4-5-14-17-20(2)18-15-12-10-8-6-7-9-11-13-16-19-21(22)23/h6,8,12,15-16,19-20H,3-5,7,9-11,13-14,17-18H2,1-2H3,(H,22,23). The SMILES string of the molecule is CCCCCCC(C)CC=CCC=CCCCCC=CC(=O)O. The van der Waals surface area contributed by atoms with E-state index in [1.165, 1.54) is 44.6 Å². The van der Waals surface area contributed by atoms with Crippen LogP contribution in [0.25, 0.3) is 0 Å². The van der Waals surface area contributed by atoms with E-state index in [1.54, 1.807) is 6.08 Å². The molecule has 0 saturated carbocycles. The molecule has 0 aliphatic carbocycles. The maximum atomic E-state index is 10.3. The first-order chi connectivity index (χ1) is 11.2. The third-order valence-electron chi connectivity index (χ3n) is 3.95. The van der Waals surface area contributed by atoms with Crippen molar-refractivity contribution < 1.29 is 9.90 Å². The lowest BCUT2D eigenvalue weighted by Crippen LogP contribution is -1.92. The molecule has 0 aromatic carbocycles. The van der Waals surface area contributed by atoms with E-state index < -0.39 is 5.97 Å². The van der Waals surface area contributed by atoms with Crippen molar-refractivity contribution in [1.29, 1.82) is 0 Å². The second-order valence-electron chi connectivity index (χ2n) is 6.39. The highest BCUT2D eigenvalue weighted by molar-refractivity contribution is 5.79. The van der Waals surface area contributed by atoms with Gasteiger partial charge in [0.2, 0.25) is 0 Å². The minimum atomic E-state index is -0.855. The van der Waals surface area contributed by atoms with Gasteiger partial charge in [-0.15, -0.1) is 0 Å². The van der Waals surface area contributed by atoms with Crippen LogP contribution in [0.5, 0.6) is 0 Å². The monoisotopic (exact) mass is 320 g/mol. The van der Waals surface area contributed by atoms with E-state index in [2.05, 4.69) is 38.2 Å². The number of rotatable bonds is 15. The lowest BCUT2D eigenvalue weighted by molar-refractivity contribution is -0.131. The van der Waals surface area contributed by atoms with Crippen LogP contribution in [0.15, 0.2) is 36.5 Å². The van der Waals surface area contributed by atoms with Crippen molar-refractivity contribution in [1.82, 2.24) is 0 Å². The lowest BCUT2D eigenvalue weighted by atomic mass is 9.99. The Bertz CT molecular complexity index is 353. The number of carboxylic acids is 1. The first kappa shape index (κ1) is 21.7. The van der Waals surface area contributed by atoms with Crippen LogP contribution in [0.3, 0.4) is 0 Å². The molecular weight excluding hydrogens is 284 g/mol. The van der Waals surface area contributed by atoms with E-state index in [0.717, 1.165) is 38.0 Å². The van der Waals surface area contributed by atoms with Gasteiger partial charge in [0.15, 0.2) is 0 Å². The first-order valence-electron chi connectivity index (χ1n) is 9.36. The average Bonchev–Trinajstić information content (AvgIpc) is 2.52. The molecule has 0 aliphatic heterocycles. The molecule has 2 nitrogen and oxygen atoms in total. The summed E-state index contributed by atoms with van der Waals surface area (Å²) in [6.45, 7) is 4.61. The molecule has 23 heavy (non-hydrogen) atoms. The average molecular weight is 321 g/mol. The highest BCUT2D eigenvalue weighted by Crippen LogP contribution is 2.14. The van der Waals surface area contributed by atoms with E-state index in [9.17, 15) is 4.79 Å². The van der Waals surface area contributed by atoms with Crippen LogP contribution in [0.1, 0.15) is 84.5 Å². The summed E-state index contributed by atoms with van der Waals surface area (Å²) in [5.74, 6) is -0.0436. The van der Waals surface area contributed by atoms with Crippen LogP contribution in [0, 0.1) is 5.92 Å². The number of allylic oxidation sites excluding steroid dienone is 5. The minimum Gasteiger partial charge on any atom is -0.478 e. The molecule has 0 spiro atoms. The Labute approximate surface area is 143 Å². The van der Waals surface area contributed by atoms with Gasteiger partial charge in [0, 0.05) is 6.08 Å². The molecule has 0 radical (unpaired) electrons. The molecule has 0 amide bonds. The third kappa shape index (κ3) is 18.6. The maximum absolute atomic E-state index is 10.3. The summed E-state index contributed by atoms with van der Waals surface area (Å²) >= 11 is 0. The number of unbranched alkanes of at least 4 members (excludes halogenated alkanes) is 6. The maximum Gasteiger partial charge on any atom is 0.327 e. The minimum absolute atomic E-state index is 0.811. The summed E-state index contributed by atoms with van der Waals surface area (Å²) in [4.78, 5) is 10.3. The third-order valence-corrected chi connectivity index (χ3v) is 3.95. The summed E-state index contributed by atoms with van der Waals surface area (Å²) in [5, 5.41) is 8.45. The fourth-order valence-corrected chi connectivity index (χ4v) is 2.46. The largest absolute Gasteiger partial charge is 0.478 e. The predicted molar refractivity (Wildman–Crippen MR) is 101 cm³/mol. The van der Waals surface area contributed by atoms with Crippen LogP contribution in [0.4, 0.5) is 0 Å². The molecule has 1 atom stereocenters. The number of hydrogen-bond donors (Lipinski definition) is 1. The lowest BCUT2D eigenvalue weighted by Gasteiger charge is -2.07. The number of carboxylic acid groups (broad SMARTS) is 1. The van der Waals surface area contributed by atoms with Gasteiger partial charge in [-0.25, -0.2) is 4.79 Å². The molecular formula is C21H36O2. The molecule has 1 N–H and O–H groups in total. The Morgan fingerprint density at radius 3 is 2.30 bits per heavy atom. The van der Waals surface area contributed by atoms with Crippen molar-refractivity contribution in [2.24, 2.45) is 5.92 Å². The Balaban J connectivity index is 3.42. The van der Waals surface area contributed by atoms with E-state index in [0.29, 0.717) is 0 Å². The molecule has 0 aromatic rings. The van der Waals surface area contributed by atoms with Crippen LogP contribution in [-0.2, 0) is 4.79 Å². The fraction of sp³-hybridized carbons (Fsp3) is 0.667. The van der Waals surface area contributed by atoms with E-state index in [-0.39, 0.29) is 0 Å². The topological polar surface area (TPSA) is 37.3 Å². The molecule has 1 unspecified atom stereocenters. The Hall–Kier alpha value is -1.31. The van der Waals surface area contributed by atoms with Gasteiger partial charge >= 0.3 is 5.97 Å². The van der Waals surface area contributed by atoms with Gasteiger partial charge in [-0.05, 0) is 44.4 Å². The molecule has 2 heteroatoms. The second-order valence-corrected chi connectivity index (χ2v) is 6.39. The molecule has 0 aliphatic rings. The normalized spacial score (nSPS) is 13.5. The summed E-state index contributed by atoms with van der Waals surface area (Å²) < 4.78 is 0. The molecule has 132 valence electrons. The Morgan fingerprint density at radius 1 is 0.913 bits per heavy atom. The number of aliphatic carboxylic acids is 1. The highest BCUT2D eigenvalue weighted by Gasteiger charge is 1.98. The summed E-state index contributed by atoms with van der Waals surface area (Å²) in [5.41, 5.74) is 0. The zero-order valence-electron chi connectivity index (χ0n) is 15.2.